The van der Waals surface area contributed by atoms with Gasteiger partial charge in [0.05, 0.1) is 24.6 Å². The summed E-state index contributed by atoms with van der Waals surface area (Å²) in [6.45, 7) is 1.39. The number of Topliss-reactive ketones (excluding diaryl/α,β-unsaturated/α-hetero) is 1. The molecule has 2 rings (SSSR count). The van der Waals surface area contributed by atoms with Gasteiger partial charge >= 0.3 is 0 Å². The Morgan fingerprint density at radius 3 is 2.40 bits per heavy atom. The summed E-state index contributed by atoms with van der Waals surface area (Å²) in [5.74, 6) is -0.159. The molecule has 2 aromatic rings. The predicted molar refractivity (Wildman–Crippen MR) is 93.2 cm³/mol. The van der Waals surface area contributed by atoms with Crippen LogP contribution in [0.2, 0.25) is 0 Å². The Bertz CT molecular complexity index is 802. The lowest BCUT2D eigenvalue weighted by atomic mass is 10.1. The number of ether oxygens (including phenoxy) is 1. The lowest BCUT2D eigenvalue weighted by Crippen LogP contribution is -2.22. The van der Waals surface area contributed by atoms with Crippen LogP contribution in [0.1, 0.15) is 17.3 Å². The maximum absolute atomic E-state index is 12.0. The van der Waals surface area contributed by atoms with E-state index in [9.17, 15) is 19.7 Å². The summed E-state index contributed by atoms with van der Waals surface area (Å²) in [6, 6.07) is 10.8. The molecule has 0 bridgehead atoms. The van der Waals surface area contributed by atoms with Gasteiger partial charge in [-0.25, -0.2) is 0 Å². The zero-order valence-corrected chi connectivity index (χ0v) is 13.7. The number of benzene rings is 2. The van der Waals surface area contributed by atoms with E-state index in [-0.39, 0.29) is 23.7 Å². The first-order chi connectivity index (χ1) is 11.9. The van der Waals surface area contributed by atoms with Crippen LogP contribution in [0.4, 0.5) is 17.1 Å². The van der Waals surface area contributed by atoms with Crippen LogP contribution in [0.5, 0.6) is 5.75 Å². The molecule has 8 heteroatoms. The fraction of sp³-hybridized carbons (Fsp3) is 0.176. The number of anilines is 2. The number of nitrogens with zero attached hydrogens (tertiary/aromatic N) is 1. The molecule has 0 aliphatic carbocycles. The SMILES string of the molecule is COc1ccc(NC(=O)CNc2ccc(C(C)=O)cc2)c([N+](=O)[O-])c1. The standard InChI is InChI=1S/C17H17N3O5/c1-11(21)12-3-5-13(6-4-12)18-10-17(22)19-15-8-7-14(25-2)9-16(15)20(23)24/h3-9,18H,10H2,1-2H3,(H,19,22). The van der Waals surface area contributed by atoms with E-state index in [0.717, 1.165) is 0 Å². The van der Waals surface area contributed by atoms with Crippen LogP contribution in [0.15, 0.2) is 42.5 Å². The van der Waals surface area contributed by atoms with Crippen LogP contribution in [0, 0.1) is 10.1 Å². The van der Waals surface area contributed by atoms with E-state index in [1.54, 1.807) is 24.3 Å². The first kappa shape index (κ1) is 17.9. The number of amides is 1. The van der Waals surface area contributed by atoms with Crippen LogP contribution in [-0.4, -0.2) is 30.3 Å². The van der Waals surface area contributed by atoms with Crippen LogP contribution in [0.25, 0.3) is 0 Å². The van der Waals surface area contributed by atoms with Crippen molar-refractivity contribution in [2.24, 2.45) is 0 Å². The Kier molecular flexibility index (Phi) is 5.67. The molecule has 2 N–H and O–H groups in total. The molecule has 130 valence electrons. The van der Waals surface area contributed by atoms with E-state index in [0.29, 0.717) is 17.0 Å². The van der Waals surface area contributed by atoms with Crippen LogP contribution >= 0.6 is 0 Å². The molecular weight excluding hydrogens is 326 g/mol. The normalized spacial score (nSPS) is 10.0. The minimum atomic E-state index is -0.591. The smallest absolute Gasteiger partial charge is 0.296 e. The van der Waals surface area contributed by atoms with Crippen LogP contribution in [-0.2, 0) is 4.79 Å². The average Bonchev–Trinajstić information content (AvgIpc) is 2.60. The quantitative estimate of drug-likeness (QED) is 0.454. The van der Waals surface area contributed by atoms with Crippen molar-refractivity contribution in [2.75, 3.05) is 24.3 Å². The zero-order chi connectivity index (χ0) is 18.4. The Morgan fingerprint density at radius 2 is 1.84 bits per heavy atom. The minimum Gasteiger partial charge on any atom is -0.496 e. The van der Waals surface area contributed by atoms with Crippen LogP contribution in [0.3, 0.4) is 0 Å². The summed E-state index contributed by atoms with van der Waals surface area (Å²) in [7, 11) is 1.40. The highest BCUT2D eigenvalue weighted by Gasteiger charge is 2.17. The van der Waals surface area contributed by atoms with Gasteiger partial charge in [0.2, 0.25) is 5.91 Å². The summed E-state index contributed by atoms with van der Waals surface area (Å²) >= 11 is 0. The monoisotopic (exact) mass is 343 g/mol. The summed E-state index contributed by atoms with van der Waals surface area (Å²) < 4.78 is 4.94. The Balaban J connectivity index is 2.00. The molecule has 0 atom stereocenters. The highest BCUT2D eigenvalue weighted by molar-refractivity contribution is 5.96. The number of carbonyl (C=O) groups is 2. The number of rotatable bonds is 7. The van der Waals surface area contributed by atoms with Gasteiger partial charge < -0.3 is 15.4 Å². The first-order valence-electron chi connectivity index (χ1n) is 7.38. The number of hydrogen-bond donors (Lipinski definition) is 2. The van der Waals surface area contributed by atoms with Gasteiger partial charge in [0.1, 0.15) is 11.4 Å². The number of methoxy groups -OCH3 is 1. The van der Waals surface area contributed by atoms with Crippen molar-refractivity contribution in [3.63, 3.8) is 0 Å². The molecule has 0 saturated carbocycles. The van der Waals surface area contributed by atoms with E-state index >= 15 is 0 Å². The molecule has 2 aromatic carbocycles. The maximum Gasteiger partial charge on any atom is 0.296 e. The van der Waals surface area contributed by atoms with Crippen molar-refractivity contribution in [1.29, 1.82) is 0 Å². The summed E-state index contributed by atoms with van der Waals surface area (Å²) in [5, 5.41) is 16.5. The largest absolute Gasteiger partial charge is 0.496 e. The zero-order valence-electron chi connectivity index (χ0n) is 13.7. The van der Waals surface area contributed by atoms with Crippen molar-refractivity contribution in [3.8, 4) is 5.75 Å². The molecule has 0 radical (unpaired) electrons. The fourth-order valence-corrected chi connectivity index (χ4v) is 2.09. The number of ketones is 1. The highest BCUT2D eigenvalue weighted by atomic mass is 16.6. The van der Waals surface area contributed by atoms with Gasteiger partial charge in [-0.15, -0.1) is 0 Å². The Hall–Kier alpha value is -3.42. The van der Waals surface area contributed by atoms with Gasteiger partial charge in [-0.1, -0.05) is 0 Å². The Morgan fingerprint density at radius 1 is 1.16 bits per heavy atom. The van der Waals surface area contributed by atoms with Gasteiger partial charge in [0.15, 0.2) is 5.78 Å². The maximum atomic E-state index is 12.0. The van der Waals surface area contributed by atoms with E-state index in [4.69, 9.17) is 4.74 Å². The molecule has 0 spiro atoms. The minimum absolute atomic E-state index is 0.0453. The number of nitro benzene ring substituents is 1. The Labute approximate surface area is 144 Å². The molecule has 0 aliphatic rings. The van der Waals surface area contributed by atoms with Gasteiger partial charge in [-0.05, 0) is 43.3 Å². The molecular formula is C17H17N3O5. The van der Waals surface area contributed by atoms with Crippen molar-refractivity contribution in [2.45, 2.75) is 6.92 Å². The molecule has 0 heterocycles. The molecule has 0 saturated heterocycles. The molecule has 0 unspecified atom stereocenters. The van der Waals surface area contributed by atoms with Crippen molar-refractivity contribution in [3.05, 3.63) is 58.1 Å². The number of nitrogens with one attached hydrogen (secondary N) is 2. The number of nitro groups is 1. The van der Waals surface area contributed by atoms with E-state index in [1.165, 1.54) is 32.2 Å². The van der Waals surface area contributed by atoms with E-state index in [1.807, 2.05) is 0 Å². The summed E-state index contributed by atoms with van der Waals surface area (Å²) in [4.78, 5) is 33.7. The third-order valence-corrected chi connectivity index (χ3v) is 3.42. The molecule has 1 amide bonds. The predicted octanol–water partition coefficient (Wildman–Crippen LogP) is 2.86. The molecule has 0 aliphatic heterocycles. The fourth-order valence-electron chi connectivity index (χ4n) is 2.09. The first-order valence-corrected chi connectivity index (χ1v) is 7.38. The van der Waals surface area contributed by atoms with E-state index < -0.39 is 10.8 Å². The third kappa shape index (κ3) is 4.77. The lowest BCUT2D eigenvalue weighted by Gasteiger charge is -2.09. The summed E-state index contributed by atoms with van der Waals surface area (Å²) in [5.41, 5.74) is 1.07. The molecule has 25 heavy (non-hydrogen) atoms. The molecule has 0 fully saturated rings. The van der Waals surface area contributed by atoms with Gasteiger partial charge in [-0.2, -0.15) is 0 Å². The highest BCUT2D eigenvalue weighted by Crippen LogP contribution is 2.28. The second-order valence-corrected chi connectivity index (χ2v) is 5.18. The summed E-state index contributed by atoms with van der Waals surface area (Å²) in [6.07, 6.45) is 0. The van der Waals surface area contributed by atoms with Crippen LogP contribution < -0.4 is 15.4 Å². The van der Waals surface area contributed by atoms with E-state index in [2.05, 4.69) is 10.6 Å². The van der Waals surface area contributed by atoms with Crippen molar-refractivity contribution in [1.82, 2.24) is 0 Å². The third-order valence-electron chi connectivity index (χ3n) is 3.42. The van der Waals surface area contributed by atoms with Gasteiger partial charge in [-0.3, -0.25) is 19.7 Å². The van der Waals surface area contributed by atoms with Crippen molar-refractivity contribution < 1.29 is 19.2 Å². The van der Waals surface area contributed by atoms with Gasteiger partial charge in [0.25, 0.3) is 5.69 Å². The van der Waals surface area contributed by atoms with Crippen molar-refractivity contribution >= 4 is 28.8 Å². The second-order valence-electron chi connectivity index (χ2n) is 5.18. The topological polar surface area (TPSA) is 111 Å². The number of hydrogen-bond acceptors (Lipinski definition) is 6. The molecule has 0 aromatic heterocycles. The average molecular weight is 343 g/mol. The molecule has 8 nitrogen and oxygen atoms in total. The lowest BCUT2D eigenvalue weighted by molar-refractivity contribution is -0.384. The number of carbonyl (C=O) groups excluding carboxylic acids is 2. The second kappa shape index (κ2) is 7.91. The van der Waals surface area contributed by atoms with Gasteiger partial charge in [0, 0.05) is 11.3 Å².